The number of hydrogen-bond donors (Lipinski definition) is 0. The molecule has 0 N–H and O–H groups in total. The van der Waals surface area contributed by atoms with Crippen LogP contribution in [0.2, 0.25) is 0 Å². The van der Waals surface area contributed by atoms with Gasteiger partial charge in [0.1, 0.15) is 22.8 Å². The minimum absolute atomic E-state index is 0.144. The fraction of sp³-hybridized carbons (Fsp3) is 0.167. The number of para-hydroxylation sites is 2. The highest BCUT2D eigenvalue weighted by Gasteiger charge is 2.44. The fourth-order valence-electron chi connectivity index (χ4n) is 3.99. The molecule has 0 spiro atoms. The van der Waals surface area contributed by atoms with Crippen LogP contribution in [0.4, 0.5) is 0 Å². The molecule has 0 saturated carbocycles. The minimum atomic E-state index is -1.01. The zero-order valence-electron chi connectivity index (χ0n) is 16.9. The number of oxime groups is 1. The topological polar surface area (TPSA) is 108 Å². The standard InChI is InChI=1S/C24H17NO7/c1-2-29-24(28)21-22(15-11-19(26)30-17-9-5-3-7-13(15)17)25-32-23(21)16-12-20(27)31-18-10-6-4-8-14(16)18/h3-12,21,23H,2H2,1H3/t21-,23+/m0/s1. The molecule has 0 unspecified atom stereocenters. The Hall–Kier alpha value is -4.20. The Bertz CT molecular complexity index is 1500. The minimum Gasteiger partial charge on any atom is -0.465 e. The van der Waals surface area contributed by atoms with Crippen molar-refractivity contribution in [2.24, 2.45) is 11.1 Å². The van der Waals surface area contributed by atoms with Gasteiger partial charge in [-0.1, -0.05) is 41.6 Å². The predicted octanol–water partition coefficient (Wildman–Crippen LogP) is 3.55. The number of carbonyl (C=O) groups excluding carboxylic acids is 1. The van der Waals surface area contributed by atoms with Crippen molar-refractivity contribution in [3.63, 3.8) is 0 Å². The van der Waals surface area contributed by atoms with Crippen molar-refractivity contribution in [1.29, 1.82) is 0 Å². The van der Waals surface area contributed by atoms with Crippen LogP contribution >= 0.6 is 0 Å². The summed E-state index contributed by atoms with van der Waals surface area (Å²) in [6, 6.07) is 16.5. The van der Waals surface area contributed by atoms with E-state index >= 15 is 0 Å². The van der Waals surface area contributed by atoms with Gasteiger partial charge in [0.2, 0.25) is 0 Å². The molecule has 8 heteroatoms. The van der Waals surface area contributed by atoms with Crippen LogP contribution in [0.1, 0.15) is 24.2 Å². The van der Waals surface area contributed by atoms with Gasteiger partial charge in [-0.25, -0.2) is 9.59 Å². The Morgan fingerprint density at radius 2 is 1.56 bits per heavy atom. The highest BCUT2D eigenvalue weighted by atomic mass is 16.6. The van der Waals surface area contributed by atoms with E-state index in [0.29, 0.717) is 33.1 Å². The van der Waals surface area contributed by atoms with E-state index in [2.05, 4.69) is 5.16 Å². The molecular weight excluding hydrogens is 414 g/mol. The Morgan fingerprint density at radius 3 is 2.28 bits per heavy atom. The summed E-state index contributed by atoms with van der Waals surface area (Å²) < 4.78 is 15.9. The first kappa shape index (κ1) is 19.7. The summed E-state index contributed by atoms with van der Waals surface area (Å²) in [6.45, 7) is 1.84. The van der Waals surface area contributed by atoms with Crippen molar-refractivity contribution in [2.45, 2.75) is 13.0 Å². The van der Waals surface area contributed by atoms with Crippen LogP contribution in [-0.2, 0) is 14.4 Å². The van der Waals surface area contributed by atoms with E-state index in [1.165, 1.54) is 12.1 Å². The van der Waals surface area contributed by atoms with E-state index in [1.807, 2.05) is 0 Å². The summed E-state index contributed by atoms with van der Waals surface area (Å²) in [5.41, 5.74) is 0.637. The molecule has 2 aromatic heterocycles. The van der Waals surface area contributed by atoms with Gasteiger partial charge < -0.3 is 18.4 Å². The number of benzene rings is 2. The van der Waals surface area contributed by atoms with E-state index in [-0.39, 0.29) is 12.3 Å². The number of nitrogens with zero attached hydrogens (tertiary/aromatic N) is 1. The maximum absolute atomic E-state index is 13.1. The van der Waals surface area contributed by atoms with E-state index < -0.39 is 29.2 Å². The van der Waals surface area contributed by atoms with E-state index in [1.54, 1.807) is 55.5 Å². The van der Waals surface area contributed by atoms with Gasteiger partial charge in [-0.3, -0.25) is 4.79 Å². The summed E-state index contributed by atoms with van der Waals surface area (Å²) in [5.74, 6) is -1.59. The molecule has 160 valence electrons. The number of ether oxygens (including phenoxy) is 1. The van der Waals surface area contributed by atoms with E-state index in [4.69, 9.17) is 18.4 Å². The SMILES string of the molecule is CCOC(=O)[C@H]1C(c2cc(=O)oc3ccccc23)=NO[C@@H]1c1cc(=O)oc2ccccc12. The third-order valence-corrected chi connectivity index (χ3v) is 5.32. The average Bonchev–Trinajstić information content (AvgIpc) is 3.23. The lowest BCUT2D eigenvalue weighted by molar-refractivity contribution is -0.148. The number of esters is 1. The van der Waals surface area contributed by atoms with E-state index in [0.717, 1.165) is 0 Å². The van der Waals surface area contributed by atoms with Crippen LogP contribution in [0.25, 0.3) is 21.9 Å². The summed E-state index contributed by atoms with van der Waals surface area (Å²) in [5, 5.41) is 5.39. The molecule has 0 saturated heterocycles. The molecule has 32 heavy (non-hydrogen) atoms. The molecule has 0 aliphatic carbocycles. The molecule has 0 fully saturated rings. The summed E-state index contributed by atoms with van der Waals surface area (Å²) >= 11 is 0. The molecule has 4 aromatic rings. The zero-order chi connectivity index (χ0) is 22.2. The first-order valence-electron chi connectivity index (χ1n) is 10.0. The zero-order valence-corrected chi connectivity index (χ0v) is 16.9. The normalized spacial score (nSPS) is 17.8. The quantitative estimate of drug-likeness (QED) is 0.359. The van der Waals surface area contributed by atoms with Crippen LogP contribution < -0.4 is 11.3 Å². The Morgan fingerprint density at radius 1 is 0.938 bits per heavy atom. The average molecular weight is 431 g/mol. The van der Waals surface area contributed by atoms with Crippen LogP contribution in [-0.4, -0.2) is 18.3 Å². The lowest BCUT2D eigenvalue weighted by atomic mass is 9.87. The Balaban J connectivity index is 1.70. The van der Waals surface area contributed by atoms with Crippen molar-refractivity contribution in [3.05, 3.63) is 92.6 Å². The molecule has 1 aliphatic heterocycles. The van der Waals surface area contributed by atoms with Gasteiger partial charge in [-0.15, -0.1) is 0 Å². The highest BCUT2D eigenvalue weighted by Crippen LogP contribution is 2.39. The molecule has 2 aromatic carbocycles. The second-order valence-electron chi connectivity index (χ2n) is 7.22. The van der Waals surface area contributed by atoms with Crippen LogP contribution in [0.5, 0.6) is 0 Å². The number of carbonyl (C=O) groups is 1. The predicted molar refractivity (Wildman–Crippen MR) is 115 cm³/mol. The highest BCUT2D eigenvalue weighted by molar-refractivity contribution is 6.18. The summed E-state index contributed by atoms with van der Waals surface area (Å²) in [4.78, 5) is 43.2. The van der Waals surface area contributed by atoms with Crippen molar-refractivity contribution < 1.29 is 23.2 Å². The van der Waals surface area contributed by atoms with Crippen LogP contribution in [0.15, 0.2) is 84.2 Å². The number of fused-ring (bicyclic) bond motifs is 2. The molecule has 1 aliphatic rings. The second kappa shape index (κ2) is 7.81. The van der Waals surface area contributed by atoms with Crippen LogP contribution in [0.3, 0.4) is 0 Å². The first-order chi connectivity index (χ1) is 15.6. The summed E-state index contributed by atoms with van der Waals surface area (Å²) in [6.07, 6.45) is -0.941. The molecule has 0 amide bonds. The van der Waals surface area contributed by atoms with Crippen LogP contribution in [0, 0.1) is 5.92 Å². The molecule has 3 heterocycles. The van der Waals surface area contributed by atoms with Crippen molar-refractivity contribution in [3.8, 4) is 0 Å². The Kier molecular flexibility index (Phi) is 4.82. The monoisotopic (exact) mass is 431 g/mol. The van der Waals surface area contributed by atoms with Gasteiger partial charge in [-0.05, 0) is 19.1 Å². The first-order valence-corrected chi connectivity index (χ1v) is 10.0. The van der Waals surface area contributed by atoms with Gasteiger partial charge >= 0.3 is 17.2 Å². The summed E-state index contributed by atoms with van der Waals surface area (Å²) in [7, 11) is 0. The van der Waals surface area contributed by atoms with Crippen molar-refractivity contribution in [1.82, 2.24) is 0 Å². The van der Waals surface area contributed by atoms with Gasteiger partial charge in [0, 0.05) is 34.0 Å². The fourth-order valence-corrected chi connectivity index (χ4v) is 3.99. The van der Waals surface area contributed by atoms with Crippen molar-refractivity contribution >= 4 is 33.6 Å². The van der Waals surface area contributed by atoms with Crippen molar-refractivity contribution in [2.75, 3.05) is 6.61 Å². The number of hydrogen-bond acceptors (Lipinski definition) is 8. The third-order valence-electron chi connectivity index (χ3n) is 5.32. The smallest absolute Gasteiger partial charge is 0.336 e. The molecule has 0 bridgehead atoms. The maximum atomic E-state index is 13.1. The Labute approximate surface area is 180 Å². The maximum Gasteiger partial charge on any atom is 0.336 e. The lowest BCUT2D eigenvalue weighted by Crippen LogP contribution is -2.30. The van der Waals surface area contributed by atoms with Gasteiger partial charge in [0.05, 0.1) is 6.61 Å². The van der Waals surface area contributed by atoms with Gasteiger partial charge in [-0.2, -0.15) is 0 Å². The number of rotatable bonds is 4. The second-order valence-corrected chi connectivity index (χ2v) is 7.22. The largest absolute Gasteiger partial charge is 0.465 e. The third kappa shape index (κ3) is 3.26. The molecule has 0 radical (unpaired) electrons. The molecule has 2 atom stereocenters. The molecule has 5 rings (SSSR count). The molecular formula is C24H17NO7. The van der Waals surface area contributed by atoms with E-state index in [9.17, 15) is 14.4 Å². The van der Waals surface area contributed by atoms with Gasteiger partial charge in [0.15, 0.2) is 6.10 Å². The van der Waals surface area contributed by atoms with Gasteiger partial charge in [0.25, 0.3) is 0 Å². The molecule has 8 nitrogen and oxygen atoms in total. The lowest BCUT2D eigenvalue weighted by Gasteiger charge is -2.19.